The highest BCUT2D eigenvalue weighted by atomic mass is 16.4. The van der Waals surface area contributed by atoms with E-state index in [4.69, 9.17) is 5.11 Å². The third-order valence-corrected chi connectivity index (χ3v) is 2.48. The zero-order valence-corrected chi connectivity index (χ0v) is 9.86. The van der Waals surface area contributed by atoms with Crippen LogP contribution in [0.15, 0.2) is 24.3 Å². The minimum atomic E-state index is -0.722. The molecule has 1 aromatic carbocycles. The lowest BCUT2D eigenvalue weighted by Crippen LogP contribution is -1.92. The van der Waals surface area contributed by atoms with Crippen molar-refractivity contribution in [2.75, 3.05) is 0 Å². The maximum absolute atomic E-state index is 10.3. The van der Waals surface area contributed by atoms with Crippen LogP contribution in [0.4, 0.5) is 0 Å². The quantitative estimate of drug-likeness (QED) is 0.767. The lowest BCUT2D eigenvalue weighted by molar-refractivity contribution is -0.137. The van der Waals surface area contributed by atoms with E-state index < -0.39 is 5.97 Å². The third-order valence-electron chi connectivity index (χ3n) is 2.48. The minimum absolute atomic E-state index is 0.247. The van der Waals surface area contributed by atoms with Gasteiger partial charge in [-0.1, -0.05) is 35.9 Å². The van der Waals surface area contributed by atoms with Gasteiger partial charge in [0.1, 0.15) is 0 Å². The molecule has 0 saturated heterocycles. The van der Waals surface area contributed by atoms with Gasteiger partial charge >= 0.3 is 5.97 Å². The van der Waals surface area contributed by atoms with Crippen LogP contribution < -0.4 is 0 Å². The summed E-state index contributed by atoms with van der Waals surface area (Å²) in [6.45, 7) is 4.16. The van der Waals surface area contributed by atoms with E-state index in [0.29, 0.717) is 6.42 Å². The lowest BCUT2D eigenvalue weighted by Gasteiger charge is -2.01. The second-order valence-electron chi connectivity index (χ2n) is 4.05. The summed E-state index contributed by atoms with van der Waals surface area (Å²) in [7, 11) is 0. The maximum Gasteiger partial charge on any atom is 0.303 e. The Morgan fingerprint density at radius 2 is 2.12 bits per heavy atom. The molecular formula is C14H18O2. The second kappa shape index (κ2) is 6.11. The number of carbonyl (C=O) groups is 1. The summed E-state index contributed by atoms with van der Waals surface area (Å²) in [6.07, 6.45) is 5.88. The molecule has 2 nitrogen and oxygen atoms in total. The molecule has 0 amide bonds. The van der Waals surface area contributed by atoms with Crippen LogP contribution in [0.25, 0.3) is 6.08 Å². The van der Waals surface area contributed by atoms with Crippen molar-refractivity contribution in [1.29, 1.82) is 0 Å². The van der Waals surface area contributed by atoms with Gasteiger partial charge in [0.2, 0.25) is 0 Å². The Hall–Kier alpha value is -1.57. The van der Waals surface area contributed by atoms with E-state index in [-0.39, 0.29) is 6.42 Å². The Labute approximate surface area is 96.6 Å². The first-order valence-electron chi connectivity index (χ1n) is 5.55. The van der Waals surface area contributed by atoms with Gasteiger partial charge < -0.3 is 5.11 Å². The highest BCUT2D eigenvalue weighted by Crippen LogP contribution is 2.12. The van der Waals surface area contributed by atoms with Crippen LogP contribution in [-0.2, 0) is 4.79 Å². The fourth-order valence-electron chi connectivity index (χ4n) is 1.59. The molecule has 0 radical (unpaired) electrons. The molecule has 0 aliphatic carbocycles. The SMILES string of the molecule is Cc1ccc(/C=C/CCCC(=O)O)c(C)c1. The molecule has 0 bridgehead atoms. The largest absolute Gasteiger partial charge is 0.481 e. The maximum atomic E-state index is 10.3. The zero-order chi connectivity index (χ0) is 12.0. The van der Waals surface area contributed by atoms with Crippen LogP contribution in [-0.4, -0.2) is 11.1 Å². The molecule has 1 N–H and O–H groups in total. The van der Waals surface area contributed by atoms with Gasteiger partial charge in [0, 0.05) is 6.42 Å². The summed E-state index contributed by atoms with van der Waals surface area (Å²) >= 11 is 0. The van der Waals surface area contributed by atoms with Crippen molar-refractivity contribution >= 4 is 12.0 Å². The topological polar surface area (TPSA) is 37.3 Å². The van der Waals surface area contributed by atoms with Gasteiger partial charge in [0.25, 0.3) is 0 Å². The van der Waals surface area contributed by atoms with E-state index in [0.717, 1.165) is 6.42 Å². The van der Waals surface area contributed by atoms with E-state index in [1.165, 1.54) is 16.7 Å². The molecule has 0 fully saturated rings. The summed E-state index contributed by atoms with van der Waals surface area (Å²) in [6, 6.07) is 6.33. The molecule has 0 aliphatic rings. The van der Waals surface area contributed by atoms with Gasteiger partial charge in [-0.05, 0) is 37.8 Å². The van der Waals surface area contributed by atoms with Crippen LogP contribution in [0, 0.1) is 13.8 Å². The summed E-state index contributed by atoms with van der Waals surface area (Å²) < 4.78 is 0. The first-order valence-corrected chi connectivity index (χ1v) is 5.55. The number of hydrogen-bond donors (Lipinski definition) is 1. The highest BCUT2D eigenvalue weighted by molar-refractivity contribution is 5.66. The van der Waals surface area contributed by atoms with Crippen molar-refractivity contribution in [1.82, 2.24) is 0 Å². The van der Waals surface area contributed by atoms with Gasteiger partial charge in [-0.3, -0.25) is 4.79 Å². The van der Waals surface area contributed by atoms with Crippen molar-refractivity contribution in [3.63, 3.8) is 0 Å². The number of carboxylic acid groups (broad SMARTS) is 1. The molecule has 1 rings (SSSR count). The van der Waals surface area contributed by atoms with Crippen molar-refractivity contribution < 1.29 is 9.90 Å². The smallest absolute Gasteiger partial charge is 0.303 e. The molecule has 0 unspecified atom stereocenters. The zero-order valence-electron chi connectivity index (χ0n) is 9.86. The number of unbranched alkanes of at least 4 members (excludes halogenated alkanes) is 1. The van der Waals surface area contributed by atoms with Crippen molar-refractivity contribution in [3.05, 3.63) is 41.0 Å². The number of hydrogen-bond acceptors (Lipinski definition) is 1. The number of aliphatic carboxylic acids is 1. The van der Waals surface area contributed by atoms with Crippen LogP contribution in [0.1, 0.15) is 36.0 Å². The van der Waals surface area contributed by atoms with Crippen LogP contribution in [0.3, 0.4) is 0 Å². The van der Waals surface area contributed by atoms with Gasteiger partial charge in [-0.25, -0.2) is 0 Å². The predicted octanol–water partition coefficient (Wildman–Crippen LogP) is 3.57. The van der Waals surface area contributed by atoms with Crippen molar-refractivity contribution in [2.24, 2.45) is 0 Å². The van der Waals surface area contributed by atoms with Crippen LogP contribution >= 0.6 is 0 Å². The minimum Gasteiger partial charge on any atom is -0.481 e. The molecule has 0 atom stereocenters. The Morgan fingerprint density at radius 3 is 2.75 bits per heavy atom. The second-order valence-corrected chi connectivity index (χ2v) is 4.05. The third kappa shape index (κ3) is 4.30. The Balaban J connectivity index is 2.47. The average molecular weight is 218 g/mol. The van der Waals surface area contributed by atoms with Gasteiger partial charge in [-0.2, -0.15) is 0 Å². The summed E-state index contributed by atoms with van der Waals surface area (Å²) in [5.41, 5.74) is 3.73. The van der Waals surface area contributed by atoms with E-state index in [9.17, 15) is 4.79 Å². The molecule has 0 aliphatic heterocycles. The Morgan fingerprint density at radius 1 is 1.38 bits per heavy atom. The van der Waals surface area contributed by atoms with Crippen LogP contribution in [0.2, 0.25) is 0 Å². The molecule has 2 heteroatoms. The first kappa shape index (κ1) is 12.5. The number of aryl methyl sites for hydroxylation is 2. The highest BCUT2D eigenvalue weighted by Gasteiger charge is 1.95. The Bertz CT molecular complexity index is 392. The monoisotopic (exact) mass is 218 g/mol. The van der Waals surface area contributed by atoms with E-state index in [1.807, 2.05) is 6.08 Å². The van der Waals surface area contributed by atoms with Gasteiger partial charge in [-0.15, -0.1) is 0 Å². The standard InChI is InChI=1S/C14H18O2/c1-11-8-9-13(12(2)10-11)6-4-3-5-7-14(15)16/h4,6,8-10H,3,5,7H2,1-2H3,(H,15,16)/b6-4+. The molecule has 0 aromatic heterocycles. The molecular weight excluding hydrogens is 200 g/mol. The number of rotatable bonds is 5. The lowest BCUT2D eigenvalue weighted by atomic mass is 10.0. The summed E-state index contributed by atoms with van der Waals surface area (Å²) in [5, 5.41) is 8.48. The first-order chi connectivity index (χ1) is 7.59. The number of carboxylic acids is 1. The van der Waals surface area contributed by atoms with E-state index >= 15 is 0 Å². The number of allylic oxidation sites excluding steroid dienone is 1. The molecule has 86 valence electrons. The van der Waals surface area contributed by atoms with Gasteiger partial charge in [0.15, 0.2) is 0 Å². The van der Waals surface area contributed by atoms with Crippen molar-refractivity contribution in [2.45, 2.75) is 33.1 Å². The normalized spacial score (nSPS) is 10.9. The van der Waals surface area contributed by atoms with Crippen LogP contribution in [0.5, 0.6) is 0 Å². The van der Waals surface area contributed by atoms with Gasteiger partial charge in [0.05, 0.1) is 0 Å². The fourth-order valence-corrected chi connectivity index (χ4v) is 1.59. The summed E-state index contributed by atoms with van der Waals surface area (Å²) in [5.74, 6) is -0.722. The summed E-state index contributed by atoms with van der Waals surface area (Å²) in [4.78, 5) is 10.3. The molecule has 0 saturated carbocycles. The molecule has 1 aromatic rings. The number of benzene rings is 1. The van der Waals surface area contributed by atoms with Crippen molar-refractivity contribution in [3.8, 4) is 0 Å². The van der Waals surface area contributed by atoms with E-state index in [1.54, 1.807) is 0 Å². The molecule has 0 spiro atoms. The molecule has 16 heavy (non-hydrogen) atoms. The van der Waals surface area contributed by atoms with E-state index in [2.05, 4.69) is 38.1 Å². The predicted molar refractivity (Wildman–Crippen MR) is 66.4 cm³/mol. The molecule has 0 heterocycles. The fraction of sp³-hybridized carbons (Fsp3) is 0.357. The average Bonchev–Trinajstić information content (AvgIpc) is 2.20. The Kier molecular flexibility index (Phi) is 4.77.